The largest absolute Gasteiger partial charge is 0.507 e. The molecule has 1 aliphatic carbocycles. The topological polar surface area (TPSA) is 154 Å². The van der Waals surface area contributed by atoms with E-state index in [9.17, 15) is 35.1 Å². The minimum atomic E-state index is -1.59. The van der Waals surface area contributed by atoms with Crippen LogP contribution < -0.4 is 4.74 Å². The van der Waals surface area contributed by atoms with Crippen molar-refractivity contribution in [3.05, 3.63) is 52.1 Å². The number of benzene rings is 2. The van der Waals surface area contributed by atoms with Crippen LogP contribution in [0.3, 0.4) is 0 Å². The van der Waals surface area contributed by atoms with Gasteiger partial charge in [-0.2, -0.15) is 0 Å². The molecule has 0 spiro atoms. The summed E-state index contributed by atoms with van der Waals surface area (Å²) < 4.78 is 10.9. The van der Waals surface area contributed by atoms with Crippen molar-refractivity contribution in [3.8, 4) is 17.2 Å². The van der Waals surface area contributed by atoms with E-state index in [2.05, 4.69) is 0 Å². The van der Waals surface area contributed by atoms with Crippen molar-refractivity contribution < 1.29 is 44.6 Å². The Morgan fingerprint density at radius 2 is 1.43 bits per heavy atom. The molecule has 5 atom stereocenters. The molecule has 1 heterocycles. The summed E-state index contributed by atoms with van der Waals surface area (Å²) in [7, 11) is 0. The van der Waals surface area contributed by atoms with Gasteiger partial charge in [0.15, 0.2) is 5.78 Å². The zero-order valence-corrected chi connectivity index (χ0v) is 16.1. The zero-order chi connectivity index (χ0) is 21.9. The maximum Gasteiger partial charge on any atom is 0.229 e. The van der Waals surface area contributed by atoms with Gasteiger partial charge in [-0.1, -0.05) is 0 Å². The molecular weight excluding hydrogens is 396 g/mol. The number of carbonyl (C=O) groups is 2. The Bertz CT molecular complexity index is 1060. The van der Waals surface area contributed by atoms with Crippen molar-refractivity contribution in [1.82, 2.24) is 0 Å². The van der Waals surface area contributed by atoms with Gasteiger partial charge in [-0.25, -0.2) is 0 Å². The second-order valence-electron chi connectivity index (χ2n) is 7.53. The van der Waals surface area contributed by atoms with Crippen molar-refractivity contribution in [2.24, 2.45) is 0 Å². The van der Waals surface area contributed by atoms with Crippen LogP contribution in [-0.2, 0) is 4.74 Å². The SMILES string of the molecule is Cc1cc(O)c2c(c1)C(=O)c1cc(O[C@@H]3O[C@@H](C)[C@@H](O)[C@@H](O)[C@H]3O)cc(O)c1C2=O. The first-order chi connectivity index (χ1) is 14.1. The van der Waals surface area contributed by atoms with E-state index in [0.29, 0.717) is 5.56 Å². The molecule has 30 heavy (non-hydrogen) atoms. The summed E-state index contributed by atoms with van der Waals surface area (Å²) in [4.78, 5) is 25.8. The summed E-state index contributed by atoms with van der Waals surface area (Å²) in [5, 5.41) is 50.4. The Hall–Kier alpha value is -2.98. The first-order valence-electron chi connectivity index (χ1n) is 9.26. The van der Waals surface area contributed by atoms with Crippen molar-refractivity contribution >= 4 is 11.6 Å². The lowest BCUT2D eigenvalue weighted by atomic mass is 9.82. The summed E-state index contributed by atoms with van der Waals surface area (Å²) in [6, 6.07) is 5.11. The second-order valence-corrected chi connectivity index (χ2v) is 7.53. The van der Waals surface area contributed by atoms with Crippen LogP contribution in [0.2, 0.25) is 0 Å². The molecule has 0 radical (unpaired) electrons. The third kappa shape index (κ3) is 3.03. The number of aryl methyl sites for hydroxylation is 1. The van der Waals surface area contributed by atoms with E-state index < -0.39 is 48.0 Å². The summed E-state index contributed by atoms with van der Waals surface area (Å²) in [6.45, 7) is 3.14. The number of hydrogen-bond donors (Lipinski definition) is 5. The van der Waals surface area contributed by atoms with Gasteiger partial charge in [0.05, 0.1) is 17.2 Å². The summed E-state index contributed by atoms with van der Waals surface area (Å²) in [5.74, 6) is -2.29. The summed E-state index contributed by atoms with van der Waals surface area (Å²) >= 11 is 0. The lowest BCUT2D eigenvalue weighted by Gasteiger charge is -2.39. The van der Waals surface area contributed by atoms with E-state index in [1.165, 1.54) is 25.1 Å². The molecule has 1 aliphatic heterocycles. The predicted molar refractivity (Wildman–Crippen MR) is 101 cm³/mol. The molecule has 0 amide bonds. The van der Waals surface area contributed by atoms with Gasteiger partial charge in [0, 0.05) is 17.2 Å². The van der Waals surface area contributed by atoms with Crippen LogP contribution in [0.25, 0.3) is 0 Å². The van der Waals surface area contributed by atoms with Crippen molar-refractivity contribution in [2.45, 2.75) is 44.6 Å². The molecule has 4 rings (SSSR count). The van der Waals surface area contributed by atoms with Gasteiger partial charge in [-0.05, 0) is 37.6 Å². The molecular formula is C21H20O9. The van der Waals surface area contributed by atoms with Gasteiger partial charge in [0.25, 0.3) is 0 Å². The summed E-state index contributed by atoms with van der Waals surface area (Å²) in [6.07, 6.45) is -6.66. The highest BCUT2D eigenvalue weighted by atomic mass is 16.7. The highest BCUT2D eigenvalue weighted by Gasteiger charge is 2.43. The van der Waals surface area contributed by atoms with Crippen LogP contribution in [0.1, 0.15) is 44.3 Å². The van der Waals surface area contributed by atoms with Crippen LogP contribution >= 0.6 is 0 Å². The number of ether oxygens (including phenoxy) is 2. The number of fused-ring (bicyclic) bond motifs is 2. The van der Waals surface area contributed by atoms with Crippen LogP contribution in [0.4, 0.5) is 0 Å². The molecule has 5 N–H and O–H groups in total. The molecule has 2 aromatic rings. The molecule has 1 saturated heterocycles. The lowest BCUT2D eigenvalue weighted by molar-refractivity contribution is -0.268. The molecule has 2 aromatic carbocycles. The molecule has 9 nitrogen and oxygen atoms in total. The number of phenolic OH excluding ortho intramolecular Hbond substituents is 2. The molecule has 158 valence electrons. The smallest absolute Gasteiger partial charge is 0.229 e. The number of aromatic hydroxyl groups is 2. The van der Waals surface area contributed by atoms with E-state index in [4.69, 9.17) is 9.47 Å². The highest BCUT2D eigenvalue weighted by molar-refractivity contribution is 6.30. The standard InChI is InChI=1S/C21H20O9/c1-7-3-10-14(12(22)4-7)18(26)15-11(17(10)25)5-9(6-13(15)23)30-21-20(28)19(27)16(24)8(2)29-21/h3-6,8,16,19-24,27-28H,1-2H3/t8-,16+,19+,20+,21-/m0/s1. The minimum Gasteiger partial charge on any atom is -0.507 e. The third-order valence-electron chi connectivity index (χ3n) is 5.36. The van der Waals surface area contributed by atoms with Crippen LogP contribution in [-0.4, -0.2) is 67.8 Å². The third-order valence-corrected chi connectivity index (χ3v) is 5.36. The second kappa shape index (κ2) is 7.06. The molecule has 9 heteroatoms. The normalized spacial score (nSPS) is 28.1. The Morgan fingerprint density at radius 3 is 2.10 bits per heavy atom. The number of rotatable bonds is 2. The average Bonchev–Trinajstić information content (AvgIpc) is 2.67. The Balaban J connectivity index is 1.73. The van der Waals surface area contributed by atoms with Crippen LogP contribution in [0.5, 0.6) is 17.2 Å². The summed E-state index contributed by atoms with van der Waals surface area (Å²) in [5.41, 5.74) is -0.00573. The van der Waals surface area contributed by atoms with Gasteiger partial charge in [0.1, 0.15) is 35.6 Å². The average molecular weight is 416 g/mol. The minimum absolute atomic E-state index is 0.00247. The molecule has 0 saturated carbocycles. The van der Waals surface area contributed by atoms with Gasteiger partial charge in [-0.15, -0.1) is 0 Å². The van der Waals surface area contributed by atoms with E-state index in [0.717, 1.165) is 6.07 Å². The molecule has 0 aromatic heterocycles. The lowest BCUT2D eigenvalue weighted by Crippen LogP contribution is -2.58. The van der Waals surface area contributed by atoms with E-state index in [-0.39, 0.29) is 33.8 Å². The molecule has 1 fully saturated rings. The predicted octanol–water partition coefficient (Wildman–Crippen LogP) is 0.388. The maximum atomic E-state index is 13.0. The fourth-order valence-corrected chi connectivity index (χ4v) is 3.79. The van der Waals surface area contributed by atoms with Gasteiger partial charge in [-0.3, -0.25) is 9.59 Å². The van der Waals surface area contributed by atoms with Crippen molar-refractivity contribution in [1.29, 1.82) is 0 Å². The quantitative estimate of drug-likeness (QED) is 0.399. The fraction of sp³-hybridized carbons (Fsp3) is 0.333. The fourth-order valence-electron chi connectivity index (χ4n) is 3.79. The van der Waals surface area contributed by atoms with E-state index in [1.807, 2.05) is 0 Å². The number of phenols is 2. The Kier molecular flexibility index (Phi) is 4.78. The molecule has 0 unspecified atom stereocenters. The number of aliphatic hydroxyl groups excluding tert-OH is 3. The number of ketones is 2. The highest BCUT2D eigenvalue weighted by Crippen LogP contribution is 2.40. The first-order valence-corrected chi connectivity index (χ1v) is 9.26. The number of aliphatic hydroxyl groups is 3. The van der Waals surface area contributed by atoms with Crippen molar-refractivity contribution in [2.75, 3.05) is 0 Å². The maximum absolute atomic E-state index is 13.0. The van der Waals surface area contributed by atoms with E-state index >= 15 is 0 Å². The molecule has 2 aliphatic rings. The van der Waals surface area contributed by atoms with Gasteiger partial charge in [0.2, 0.25) is 12.1 Å². The first kappa shape index (κ1) is 20.3. The van der Waals surface area contributed by atoms with E-state index in [1.54, 1.807) is 6.92 Å². The number of hydrogen-bond acceptors (Lipinski definition) is 9. The van der Waals surface area contributed by atoms with Gasteiger partial charge >= 0.3 is 0 Å². The Morgan fingerprint density at radius 1 is 0.833 bits per heavy atom. The number of carbonyl (C=O) groups excluding carboxylic acids is 2. The molecule has 0 bridgehead atoms. The van der Waals surface area contributed by atoms with Crippen molar-refractivity contribution in [3.63, 3.8) is 0 Å². The van der Waals surface area contributed by atoms with Gasteiger partial charge < -0.3 is 35.0 Å². The van der Waals surface area contributed by atoms with Crippen LogP contribution in [0, 0.1) is 6.92 Å². The Labute approximate surface area is 170 Å². The van der Waals surface area contributed by atoms with Crippen LogP contribution in [0.15, 0.2) is 24.3 Å². The zero-order valence-electron chi connectivity index (χ0n) is 16.1. The monoisotopic (exact) mass is 416 g/mol.